The van der Waals surface area contributed by atoms with Crippen molar-refractivity contribution in [1.29, 1.82) is 0 Å². The molecule has 2 aromatic rings. The highest BCUT2D eigenvalue weighted by atomic mass is 16.5. The summed E-state index contributed by atoms with van der Waals surface area (Å²) < 4.78 is 11.7. The highest BCUT2D eigenvalue weighted by Gasteiger charge is 2.39. The summed E-state index contributed by atoms with van der Waals surface area (Å²) in [6, 6.07) is 9.77. The Morgan fingerprint density at radius 3 is 2.44 bits per heavy atom. The van der Waals surface area contributed by atoms with Crippen LogP contribution < -0.4 is 14.4 Å². The second kappa shape index (κ2) is 12.4. The van der Waals surface area contributed by atoms with Crippen LogP contribution in [-0.2, 0) is 4.79 Å². The van der Waals surface area contributed by atoms with Crippen LogP contribution >= 0.6 is 0 Å². The number of nitrogens with zero attached hydrogens (tertiary/aromatic N) is 2. The molecule has 3 fully saturated rings. The van der Waals surface area contributed by atoms with Crippen LogP contribution in [0.4, 0.5) is 5.69 Å². The smallest absolute Gasteiger partial charge is 0.306 e. The molecular formula is C32H42N2O5. The number of carboxylic acids is 1. The average Bonchev–Trinajstić information content (AvgIpc) is 3.81. The number of hydrogen-bond acceptors (Lipinski definition) is 6. The van der Waals surface area contributed by atoms with Crippen molar-refractivity contribution in [3.05, 3.63) is 47.7 Å². The third-order valence-electron chi connectivity index (χ3n) is 9.07. The third-order valence-corrected chi connectivity index (χ3v) is 9.07. The van der Waals surface area contributed by atoms with Crippen molar-refractivity contribution >= 4 is 17.4 Å². The fourth-order valence-corrected chi connectivity index (χ4v) is 6.53. The lowest BCUT2D eigenvalue weighted by Gasteiger charge is -2.35. The number of pyridine rings is 1. The predicted octanol–water partition coefficient (Wildman–Crippen LogP) is 6.36. The molecule has 2 atom stereocenters. The van der Waals surface area contributed by atoms with Crippen molar-refractivity contribution in [2.45, 2.75) is 70.6 Å². The number of carbonyl (C=O) groups is 2. The van der Waals surface area contributed by atoms with Gasteiger partial charge in [-0.25, -0.2) is 4.98 Å². The largest absolute Gasteiger partial charge is 0.497 e. The molecule has 1 N–H and O–H groups in total. The number of ketones is 1. The minimum Gasteiger partial charge on any atom is -0.497 e. The number of rotatable bonds is 11. The first kappa shape index (κ1) is 27.5. The van der Waals surface area contributed by atoms with Crippen LogP contribution in [0.3, 0.4) is 0 Å². The maximum absolute atomic E-state index is 13.5. The summed E-state index contributed by atoms with van der Waals surface area (Å²) in [5.74, 6) is 1.43. The zero-order chi connectivity index (χ0) is 27.4. The monoisotopic (exact) mass is 534 g/mol. The Balaban J connectivity index is 1.20. The van der Waals surface area contributed by atoms with Gasteiger partial charge in [-0.15, -0.1) is 0 Å². The van der Waals surface area contributed by atoms with E-state index in [0.717, 1.165) is 87.0 Å². The molecule has 1 aliphatic heterocycles. The van der Waals surface area contributed by atoms with Crippen molar-refractivity contribution in [3.63, 3.8) is 0 Å². The molecule has 1 aromatic heterocycles. The lowest BCUT2D eigenvalue weighted by atomic mass is 9.83. The van der Waals surface area contributed by atoms with Gasteiger partial charge < -0.3 is 19.5 Å². The van der Waals surface area contributed by atoms with Gasteiger partial charge in [-0.2, -0.15) is 0 Å². The van der Waals surface area contributed by atoms with Gasteiger partial charge in [0.15, 0.2) is 5.78 Å². The first-order chi connectivity index (χ1) is 18.9. The number of aliphatic carboxylic acids is 1. The Morgan fingerprint density at radius 1 is 1.03 bits per heavy atom. The van der Waals surface area contributed by atoms with Crippen LogP contribution in [0, 0.1) is 23.7 Å². The van der Waals surface area contributed by atoms with Gasteiger partial charge >= 0.3 is 5.97 Å². The molecule has 0 unspecified atom stereocenters. The molecule has 2 saturated carbocycles. The van der Waals surface area contributed by atoms with E-state index < -0.39 is 11.9 Å². The number of Topliss-reactive ketones (excluding diaryl/α,β-unsaturated/α-hetero) is 1. The molecule has 210 valence electrons. The van der Waals surface area contributed by atoms with E-state index in [-0.39, 0.29) is 17.6 Å². The Kier molecular flexibility index (Phi) is 8.73. The van der Waals surface area contributed by atoms with Gasteiger partial charge in [0.05, 0.1) is 25.3 Å². The molecule has 7 heteroatoms. The quantitative estimate of drug-likeness (QED) is 0.335. The molecule has 0 amide bonds. The molecule has 0 bridgehead atoms. The van der Waals surface area contributed by atoms with Crippen LogP contribution in [0.25, 0.3) is 0 Å². The second-order valence-corrected chi connectivity index (χ2v) is 11.7. The van der Waals surface area contributed by atoms with Gasteiger partial charge in [-0.1, -0.05) is 26.2 Å². The van der Waals surface area contributed by atoms with E-state index >= 15 is 0 Å². The van der Waals surface area contributed by atoms with E-state index in [1.165, 1.54) is 6.42 Å². The van der Waals surface area contributed by atoms with Crippen LogP contribution in [-0.4, -0.2) is 48.6 Å². The number of methoxy groups -OCH3 is 1. The molecule has 2 aliphatic carbocycles. The van der Waals surface area contributed by atoms with E-state index in [1.54, 1.807) is 20.2 Å². The number of benzene rings is 1. The number of carboxylic acid groups (broad SMARTS) is 1. The van der Waals surface area contributed by atoms with E-state index in [0.29, 0.717) is 24.3 Å². The summed E-state index contributed by atoms with van der Waals surface area (Å²) in [4.78, 5) is 31.9. The van der Waals surface area contributed by atoms with Crippen molar-refractivity contribution < 1.29 is 24.2 Å². The molecule has 0 spiro atoms. The highest BCUT2D eigenvalue weighted by Crippen LogP contribution is 2.47. The third kappa shape index (κ3) is 6.56. The molecule has 1 saturated heterocycles. The first-order valence-corrected chi connectivity index (χ1v) is 14.7. The van der Waals surface area contributed by atoms with E-state index in [1.807, 2.05) is 30.3 Å². The van der Waals surface area contributed by atoms with Crippen molar-refractivity contribution in [2.24, 2.45) is 23.7 Å². The van der Waals surface area contributed by atoms with Gasteiger partial charge in [-0.05, 0) is 80.0 Å². The standard InChI is InChI=1S/C32H42N2O5/c1-21(32(36)37)30(23-8-9-23)25-12-15-33-29(18-25)39-20-22-13-16-34(17-14-22)28-19-26(38-2)10-11-27(28)31(35)24-6-4-3-5-7-24/h10-12,15,18-19,21-24,30H,3-9,13-14,16-17,20H2,1-2H3,(H,36,37)/t21-,30-/m0/s1. The van der Waals surface area contributed by atoms with Crippen molar-refractivity contribution in [2.75, 3.05) is 31.7 Å². The maximum atomic E-state index is 13.5. The fraction of sp³-hybridized carbons (Fsp3) is 0.594. The summed E-state index contributed by atoms with van der Waals surface area (Å²) in [6.07, 6.45) is 11.4. The number of carbonyl (C=O) groups excluding carboxylic acids is 1. The number of aromatic nitrogens is 1. The average molecular weight is 535 g/mol. The van der Waals surface area contributed by atoms with Crippen molar-refractivity contribution in [3.8, 4) is 11.6 Å². The SMILES string of the molecule is COc1ccc(C(=O)C2CCCCC2)c(N2CCC(COc3cc([C@H](C4CC4)[C@H](C)C(=O)O)ccn3)CC2)c1. The lowest BCUT2D eigenvalue weighted by molar-refractivity contribution is -0.142. The predicted molar refractivity (Wildman–Crippen MR) is 151 cm³/mol. The molecule has 0 radical (unpaired) electrons. The van der Waals surface area contributed by atoms with Crippen LogP contribution in [0.15, 0.2) is 36.5 Å². The molecule has 39 heavy (non-hydrogen) atoms. The first-order valence-electron chi connectivity index (χ1n) is 14.7. The molecule has 2 heterocycles. The molecule has 7 nitrogen and oxygen atoms in total. The normalized spacial score (nSPS) is 20.3. The zero-order valence-corrected chi connectivity index (χ0v) is 23.3. The number of piperidine rings is 1. The Labute approximate surface area is 231 Å². The van der Waals surface area contributed by atoms with Crippen LogP contribution in [0.1, 0.15) is 86.6 Å². The number of anilines is 1. The Hall–Kier alpha value is -3.09. The Bertz CT molecular complexity index is 1150. The number of hydrogen-bond donors (Lipinski definition) is 1. The van der Waals surface area contributed by atoms with Gasteiger partial charge in [0.25, 0.3) is 0 Å². The minimum absolute atomic E-state index is 0.00414. The van der Waals surface area contributed by atoms with E-state index in [9.17, 15) is 14.7 Å². The zero-order valence-electron chi connectivity index (χ0n) is 23.3. The lowest BCUT2D eigenvalue weighted by Crippen LogP contribution is -2.36. The highest BCUT2D eigenvalue weighted by molar-refractivity contribution is 6.03. The summed E-state index contributed by atoms with van der Waals surface area (Å²) in [5, 5.41) is 9.60. The molecular weight excluding hydrogens is 492 g/mol. The van der Waals surface area contributed by atoms with Gasteiger partial charge in [0.1, 0.15) is 5.75 Å². The summed E-state index contributed by atoms with van der Waals surface area (Å²) in [5.41, 5.74) is 2.84. The Morgan fingerprint density at radius 2 is 1.77 bits per heavy atom. The van der Waals surface area contributed by atoms with Gasteiger partial charge in [0, 0.05) is 42.9 Å². The number of ether oxygens (including phenoxy) is 2. The molecule has 1 aromatic carbocycles. The van der Waals surface area contributed by atoms with Crippen molar-refractivity contribution in [1.82, 2.24) is 4.98 Å². The minimum atomic E-state index is -0.752. The van der Waals surface area contributed by atoms with Crippen LogP contribution in [0.5, 0.6) is 11.6 Å². The van der Waals surface area contributed by atoms with E-state index in [2.05, 4.69) is 9.88 Å². The summed E-state index contributed by atoms with van der Waals surface area (Å²) in [6.45, 7) is 4.11. The van der Waals surface area contributed by atoms with E-state index in [4.69, 9.17) is 9.47 Å². The molecule has 5 rings (SSSR count). The maximum Gasteiger partial charge on any atom is 0.306 e. The second-order valence-electron chi connectivity index (χ2n) is 11.7. The summed E-state index contributed by atoms with van der Waals surface area (Å²) >= 11 is 0. The topological polar surface area (TPSA) is 89.0 Å². The van der Waals surface area contributed by atoms with Gasteiger partial charge in [0.2, 0.25) is 5.88 Å². The molecule has 3 aliphatic rings. The fourth-order valence-electron chi connectivity index (χ4n) is 6.53. The van der Waals surface area contributed by atoms with Gasteiger partial charge in [-0.3, -0.25) is 9.59 Å². The van der Waals surface area contributed by atoms with Crippen LogP contribution in [0.2, 0.25) is 0 Å². The summed E-state index contributed by atoms with van der Waals surface area (Å²) in [7, 11) is 1.67.